The minimum Gasteiger partial charge on any atom is -0.431 e. The van der Waals surface area contributed by atoms with Crippen LogP contribution in [0.15, 0.2) is 42.6 Å². The number of H-pyrrole nitrogens is 1. The lowest BCUT2D eigenvalue weighted by Gasteiger charge is -2.08. The molecule has 2 heterocycles. The molecule has 0 saturated heterocycles. The largest absolute Gasteiger partial charge is 0.431 e. The Labute approximate surface area is 149 Å². The van der Waals surface area contributed by atoms with Crippen LogP contribution in [-0.2, 0) is 0 Å². The Morgan fingerprint density at radius 1 is 1.12 bits per heavy atom. The summed E-state index contributed by atoms with van der Waals surface area (Å²) < 4.78 is 32.7. The molecule has 0 radical (unpaired) electrons. The Morgan fingerprint density at radius 3 is 2.65 bits per heavy atom. The molecule has 8 heteroatoms. The number of imidazole rings is 1. The molecule has 0 unspecified atom stereocenters. The van der Waals surface area contributed by atoms with Crippen LogP contribution in [0.5, 0.6) is 11.6 Å². The molecule has 0 aliphatic heterocycles. The highest BCUT2D eigenvalue weighted by molar-refractivity contribution is 5.81. The first kappa shape index (κ1) is 15.9. The van der Waals surface area contributed by atoms with Gasteiger partial charge in [-0.15, -0.1) is 0 Å². The van der Waals surface area contributed by atoms with E-state index >= 15 is 0 Å². The van der Waals surface area contributed by atoms with Gasteiger partial charge in [-0.1, -0.05) is 12.1 Å². The van der Waals surface area contributed by atoms with Crippen molar-refractivity contribution in [3.05, 3.63) is 59.8 Å². The molecule has 0 bridgehead atoms. The molecule has 0 amide bonds. The molecule has 0 atom stereocenters. The normalized spacial score (nSPS) is 11.0. The van der Waals surface area contributed by atoms with Crippen LogP contribution in [0, 0.1) is 18.6 Å². The van der Waals surface area contributed by atoms with Crippen LogP contribution in [-0.4, -0.2) is 19.9 Å². The van der Waals surface area contributed by atoms with E-state index in [2.05, 4.69) is 19.9 Å². The van der Waals surface area contributed by atoms with Crippen LogP contribution in [0.2, 0.25) is 0 Å². The Hall–Kier alpha value is -3.55. The zero-order chi connectivity index (χ0) is 18.3. The van der Waals surface area contributed by atoms with Crippen molar-refractivity contribution in [1.82, 2.24) is 19.9 Å². The zero-order valence-electron chi connectivity index (χ0n) is 13.6. The number of nitrogens with zero attached hydrogens (tertiary/aromatic N) is 3. The number of aromatic nitrogens is 4. The fourth-order valence-corrected chi connectivity index (χ4v) is 2.53. The second-order valence-corrected chi connectivity index (χ2v) is 5.70. The quantitative estimate of drug-likeness (QED) is 0.564. The molecular formula is C18H17F2N5O. The molecule has 0 saturated carbocycles. The van der Waals surface area contributed by atoms with Crippen molar-refractivity contribution in [2.75, 3.05) is 5.73 Å². The maximum absolute atomic E-state index is 13.8. The number of anilines is 1. The number of nitrogen functional groups attached to an aromatic ring is 1. The maximum Gasteiger partial charge on any atom is 0.239 e. The Kier molecular flexibility index (Phi) is 3.72. The molecule has 134 valence electrons. The van der Waals surface area contributed by atoms with Crippen LogP contribution in [0.4, 0.5) is 14.6 Å². The van der Waals surface area contributed by atoms with Gasteiger partial charge < -0.3 is 15.5 Å². The molecule has 6 nitrogen and oxygen atoms in total. The highest BCUT2D eigenvalue weighted by Crippen LogP contribution is 2.29. The molecule has 4 aromatic rings. The van der Waals surface area contributed by atoms with Gasteiger partial charge in [-0.25, -0.2) is 23.7 Å². The fourth-order valence-electron chi connectivity index (χ4n) is 2.53. The number of nitrogens with two attached hydrogens (primary N) is 1. The number of ether oxygens (including phenoxy) is 1. The monoisotopic (exact) mass is 357 g/mol. The van der Waals surface area contributed by atoms with Crippen molar-refractivity contribution in [2.24, 2.45) is 0 Å². The summed E-state index contributed by atoms with van der Waals surface area (Å²) in [7, 11) is 0. The van der Waals surface area contributed by atoms with Crippen LogP contribution in [0.25, 0.3) is 22.6 Å². The molecular weight excluding hydrogens is 340 g/mol. The van der Waals surface area contributed by atoms with E-state index in [4.69, 9.17) is 10.5 Å². The Bertz CT molecular complexity index is 1120. The van der Waals surface area contributed by atoms with Gasteiger partial charge in [-0.2, -0.15) is 0 Å². The summed E-state index contributed by atoms with van der Waals surface area (Å²) in [5.41, 5.74) is 8.73. The molecule has 0 aliphatic carbocycles. The first-order valence-corrected chi connectivity index (χ1v) is 7.72. The average Bonchev–Trinajstić information content (AvgIpc) is 3.02. The summed E-state index contributed by atoms with van der Waals surface area (Å²) in [5, 5.41) is 0. The summed E-state index contributed by atoms with van der Waals surface area (Å²) in [6, 6.07) is 9.15. The lowest BCUT2D eigenvalue weighted by atomic mass is 10.2. The molecule has 3 N–H and O–H groups in total. The van der Waals surface area contributed by atoms with Gasteiger partial charge in [-0.05, 0) is 36.8 Å². The van der Waals surface area contributed by atoms with Crippen LogP contribution in [0.3, 0.4) is 0 Å². The number of fused-ring (bicyclic) bond motifs is 1. The van der Waals surface area contributed by atoms with Crippen molar-refractivity contribution in [3.8, 4) is 23.1 Å². The predicted octanol–water partition coefficient (Wildman–Crippen LogP) is 4.47. The minimum atomic E-state index is -0.843. The predicted molar refractivity (Wildman–Crippen MR) is 96.9 cm³/mol. The van der Waals surface area contributed by atoms with Gasteiger partial charge in [0.25, 0.3) is 0 Å². The molecule has 2 aromatic carbocycles. The number of halogens is 2. The summed E-state index contributed by atoms with van der Waals surface area (Å²) >= 11 is 0. The van der Waals surface area contributed by atoms with Gasteiger partial charge >= 0.3 is 0 Å². The van der Waals surface area contributed by atoms with Gasteiger partial charge in [0.15, 0.2) is 29.0 Å². The molecule has 0 spiro atoms. The number of hydrogen-bond donors (Lipinski definition) is 2. The summed E-state index contributed by atoms with van der Waals surface area (Å²) in [5.74, 6) is -1.85. The number of benzene rings is 2. The molecule has 4 rings (SSSR count). The minimum absolute atomic E-state index is 0. The summed E-state index contributed by atoms with van der Waals surface area (Å²) in [6.07, 6.45) is 1.19. The van der Waals surface area contributed by atoms with Crippen LogP contribution >= 0.6 is 0 Å². The van der Waals surface area contributed by atoms with E-state index in [0.717, 1.165) is 28.7 Å². The number of rotatable bonds is 3. The van der Waals surface area contributed by atoms with Crippen LogP contribution < -0.4 is 10.5 Å². The third-order valence-corrected chi connectivity index (χ3v) is 3.77. The molecule has 26 heavy (non-hydrogen) atoms. The van der Waals surface area contributed by atoms with E-state index in [9.17, 15) is 8.78 Å². The van der Waals surface area contributed by atoms with Gasteiger partial charge in [0, 0.05) is 2.85 Å². The van der Waals surface area contributed by atoms with Gasteiger partial charge in [0.2, 0.25) is 11.6 Å². The van der Waals surface area contributed by atoms with Crippen molar-refractivity contribution in [2.45, 2.75) is 6.92 Å². The first-order valence-electron chi connectivity index (χ1n) is 7.72. The van der Waals surface area contributed by atoms with E-state index in [1.807, 2.05) is 25.1 Å². The summed E-state index contributed by atoms with van der Waals surface area (Å²) in [4.78, 5) is 15.7. The highest BCUT2D eigenvalue weighted by atomic mass is 19.1. The zero-order valence-corrected chi connectivity index (χ0v) is 13.6. The van der Waals surface area contributed by atoms with E-state index in [-0.39, 0.29) is 20.2 Å². The second kappa shape index (κ2) is 6.07. The first-order chi connectivity index (χ1) is 12.5. The van der Waals surface area contributed by atoms with Gasteiger partial charge in [0.05, 0.1) is 17.2 Å². The van der Waals surface area contributed by atoms with Gasteiger partial charge in [0.1, 0.15) is 0 Å². The number of aromatic amines is 1. The van der Waals surface area contributed by atoms with Crippen molar-refractivity contribution >= 4 is 16.9 Å². The second-order valence-electron chi connectivity index (χ2n) is 5.70. The van der Waals surface area contributed by atoms with Crippen LogP contribution in [0.1, 0.15) is 8.42 Å². The number of para-hydroxylation sites is 1. The lowest BCUT2D eigenvalue weighted by Crippen LogP contribution is -2.01. The maximum atomic E-state index is 13.8. The van der Waals surface area contributed by atoms with E-state index in [0.29, 0.717) is 5.82 Å². The fraction of sp³-hybridized carbons (Fsp3) is 0.0556. The van der Waals surface area contributed by atoms with E-state index in [1.165, 1.54) is 12.3 Å². The van der Waals surface area contributed by atoms with Crippen molar-refractivity contribution in [1.29, 1.82) is 0 Å². The molecule has 0 aliphatic rings. The number of aryl methyl sites for hydroxylation is 1. The average molecular weight is 357 g/mol. The highest BCUT2D eigenvalue weighted by Gasteiger charge is 2.16. The Balaban J connectivity index is 0.00000140. The van der Waals surface area contributed by atoms with Crippen molar-refractivity contribution in [3.63, 3.8) is 0 Å². The van der Waals surface area contributed by atoms with E-state index in [1.54, 1.807) is 0 Å². The standard InChI is InChI=1S/C18H13F2N5O.2H2/c1-9-5-6-12-13(7-9)24-18(23-12)15-17(21)22-8-14(25-15)26-16-10(19)3-2-4-11(16)20;;/h2-8H,1H3,(H2,21,22)(H,23,24);2*1H. The van der Waals surface area contributed by atoms with Gasteiger partial charge in [-0.3, -0.25) is 0 Å². The number of nitrogens with one attached hydrogen (secondary N) is 1. The third kappa shape index (κ3) is 2.81. The molecule has 2 aromatic heterocycles. The smallest absolute Gasteiger partial charge is 0.239 e. The number of hydrogen-bond acceptors (Lipinski definition) is 5. The SMILES string of the molecule is Cc1ccc2nc(-c3nc(Oc4c(F)cccc4F)cnc3N)[nH]c2c1.[HH].[HH]. The third-order valence-electron chi connectivity index (χ3n) is 3.77. The topological polar surface area (TPSA) is 89.7 Å². The van der Waals surface area contributed by atoms with Crippen molar-refractivity contribution < 1.29 is 16.4 Å². The lowest BCUT2D eigenvalue weighted by molar-refractivity contribution is 0.394. The Morgan fingerprint density at radius 2 is 1.88 bits per heavy atom. The van der Waals surface area contributed by atoms with E-state index < -0.39 is 17.4 Å². The molecule has 0 fully saturated rings. The summed E-state index contributed by atoms with van der Waals surface area (Å²) in [6.45, 7) is 1.96.